The van der Waals surface area contributed by atoms with Crippen molar-refractivity contribution in [3.8, 4) is 51.7 Å². The van der Waals surface area contributed by atoms with Crippen LogP contribution in [0.2, 0.25) is 0 Å². The van der Waals surface area contributed by atoms with Crippen molar-refractivity contribution in [1.29, 1.82) is 0 Å². The highest BCUT2D eigenvalue weighted by molar-refractivity contribution is 7.45. The Hall–Kier alpha value is -5.22. The molecule has 12 N–H and O–H groups in total. The van der Waals surface area contributed by atoms with E-state index in [0.29, 0.717) is 6.42 Å². The third-order valence-electron chi connectivity index (χ3n) is 6.61. The number of carbonyl (C=O) groups is 3. The van der Waals surface area contributed by atoms with Gasteiger partial charge < -0.3 is 65.5 Å². The van der Waals surface area contributed by atoms with Crippen LogP contribution in [0.4, 0.5) is 0 Å². The number of phenols is 9. The number of hydrogen-bond acceptors (Lipinski definition) is 13. The topological polar surface area (TPSA) is 314 Å². The van der Waals surface area contributed by atoms with E-state index in [1.54, 1.807) is 0 Å². The molecule has 18 heteroatoms. The van der Waals surface area contributed by atoms with Crippen molar-refractivity contribution in [1.82, 2.24) is 4.90 Å². The van der Waals surface area contributed by atoms with E-state index in [4.69, 9.17) is 19.2 Å². The van der Waals surface area contributed by atoms with Crippen LogP contribution >= 0.6 is 7.82 Å². The number of hydrogen-bond donors (Lipinski definition) is 12. The van der Waals surface area contributed by atoms with Gasteiger partial charge >= 0.3 is 7.82 Å². The Balaban J connectivity index is 0.000000978. The first kappa shape index (κ1) is 33.3. The van der Waals surface area contributed by atoms with Gasteiger partial charge in [0.05, 0.1) is 0 Å². The summed E-state index contributed by atoms with van der Waals surface area (Å²) in [6.07, 6.45) is 0.180. The van der Waals surface area contributed by atoms with E-state index in [1.807, 2.05) is 0 Å². The summed E-state index contributed by atoms with van der Waals surface area (Å²) in [7, 11) is -4.64. The molecule has 4 rings (SSSR count). The zero-order valence-corrected chi connectivity index (χ0v) is 23.1. The van der Waals surface area contributed by atoms with Crippen LogP contribution < -0.4 is 0 Å². The third kappa shape index (κ3) is 6.55. The van der Waals surface area contributed by atoms with Gasteiger partial charge in [0.15, 0.2) is 68.9 Å². The molecule has 3 aromatic rings. The number of ketones is 2. The van der Waals surface area contributed by atoms with Crippen molar-refractivity contribution in [2.75, 3.05) is 6.54 Å². The molecule has 0 aliphatic carbocycles. The molecular weight excluding hydrogens is 613 g/mol. The number of piperidine rings is 1. The summed E-state index contributed by atoms with van der Waals surface area (Å²) in [5.41, 5.74) is -3.83. The van der Waals surface area contributed by atoms with Crippen LogP contribution in [0.25, 0.3) is 0 Å². The van der Waals surface area contributed by atoms with E-state index in [-0.39, 0.29) is 19.4 Å². The number of carbonyl (C=O) groups excluding carboxylic acids is 3. The summed E-state index contributed by atoms with van der Waals surface area (Å²) in [4.78, 5) is 64.3. The van der Waals surface area contributed by atoms with Crippen molar-refractivity contribution in [2.45, 2.75) is 24.8 Å². The lowest BCUT2D eigenvalue weighted by atomic mass is 9.74. The Morgan fingerprint density at radius 1 is 0.568 bits per heavy atom. The smallest absolute Gasteiger partial charge is 0.466 e. The van der Waals surface area contributed by atoms with E-state index in [0.717, 1.165) is 41.3 Å². The first-order chi connectivity index (χ1) is 20.3. The van der Waals surface area contributed by atoms with Gasteiger partial charge in [0.1, 0.15) is 0 Å². The standard InChI is InChI=1S/C26H23NO12.H3O4P/c28-14-5-11(6-15(29)20(14)34)23(37)26(24(38)12-7-16(30)21(35)17(31)8-12)3-1-2-4-27(26)25(39)13-9-18(32)22(36)19(33)10-13;1-5(2,3)4/h5-10,28-36H,1-4H2;(H3,1,2,3,4). The largest absolute Gasteiger partial charge is 0.504 e. The molecule has 1 heterocycles. The molecule has 0 aromatic heterocycles. The lowest BCUT2D eigenvalue weighted by Crippen LogP contribution is -2.64. The Morgan fingerprint density at radius 2 is 0.864 bits per heavy atom. The maximum absolute atomic E-state index is 14.1. The highest BCUT2D eigenvalue weighted by Crippen LogP contribution is 2.44. The number of benzene rings is 3. The molecule has 0 bridgehead atoms. The van der Waals surface area contributed by atoms with Gasteiger partial charge in [-0.15, -0.1) is 0 Å². The molecule has 1 aliphatic rings. The molecule has 3 aromatic carbocycles. The summed E-state index contributed by atoms with van der Waals surface area (Å²) in [6.45, 7) is -0.217. The minimum atomic E-state index is -4.64. The predicted molar refractivity (Wildman–Crippen MR) is 145 cm³/mol. The average molecular weight is 639 g/mol. The number of amides is 1. The highest BCUT2D eigenvalue weighted by atomic mass is 31.2. The molecule has 0 saturated carbocycles. The first-order valence-corrected chi connectivity index (χ1v) is 13.8. The highest BCUT2D eigenvalue weighted by Gasteiger charge is 2.54. The molecule has 0 unspecified atom stereocenters. The van der Waals surface area contributed by atoms with E-state index < -0.39 is 99.3 Å². The van der Waals surface area contributed by atoms with E-state index in [2.05, 4.69) is 0 Å². The maximum Gasteiger partial charge on any atom is 0.466 e. The minimum absolute atomic E-state index is 0.208. The number of rotatable bonds is 5. The summed E-state index contributed by atoms with van der Waals surface area (Å²) in [5.74, 6) is -11.4. The van der Waals surface area contributed by atoms with Gasteiger partial charge in [-0.2, -0.15) is 0 Å². The molecular formula is C26H26NO16P. The molecule has 1 aliphatic heterocycles. The van der Waals surface area contributed by atoms with Crippen molar-refractivity contribution in [3.05, 3.63) is 53.1 Å². The van der Waals surface area contributed by atoms with Gasteiger partial charge in [0.2, 0.25) is 0 Å². The fourth-order valence-electron chi connectivity index (χ4n) is 4.66. The molecule has 0 spiro atoms. The normalized spacial score (nSPS) is 14.3. The van der Waals surface area contributed by atoms with Gasteiger partial charge in [0, 0.05) is 23.2 Å². The van der Waals surface area contributed by atoms with Gasteiger partial charge in [-0.1, -0.05) is 0 Å². The summed E-state index contributed by atoms with van der Waals surface area (Å²) in [6, 6.07) is 4.70. The average Bonchev–Trinajstić information content (AvgIpc) is 2.94. The molecule has 1 fully saturated rings. The van der Waals surface area contributed by atoms with Gasteiger partial charge in [-0.25, -0.2) is 4.57 Å². The van der Waals surface area contributed by atoms with Gasteiger partial charge in [-0.05, 0) is 55.7 Å². The number of nitrogens with zero attached hydrogens (tertiary/aromatic N) is 1. The van der Waals surface area contributed by atoms with Crippen LogP contribution in [0.1, 0.15) is 50.3 Å². The van der Waals surface area contributed by atoms with Crippen LogP contribution in [0.3, 0.4) is 0 Å². The van der Waals surface area contributed by atoms with E-state index >= 15 is 0 Å². The van der Waals surface area contributed by atoms with Crippen LogP contribution in [0.15, 0.2) is 36.4 Å². The van der Waals surface area contributed by atoms with Crippen molar-refractivity contribution >= 4 is 25.3 Å². The predicted octanol–water partition coefficient (Wildman–Crippen LogP) is 1.24. The van der Waals surface area contributed by atoms with Gasteiger partial charge in [-0.3, -0.25) is 14.4 Å². The van der Waals surface area contributed by atoms with Crippen molar-refractivity contribution in [2.24, 2.45) is 0 Å². The van der Waals surface area contributed by atoms with Crippen LogP contribution in [0.5, 0.6) is 51.7 Å². The van der Waals surface area contributed by atoms with E-state index in [1.165, 1.54) is 0 Å². The molecule has 44 heavy (non-hydrogen) atoms. The number of likely N-dealkylation sites (tertiary alicyclic amines) is 1. The van der Waals surface area contributed by atoms with Crippen molar-refractivity contribution in [3.63, 3.8) is 0 Å². The zero-order chi connectivity index (χ0) is 33.3. The molecule has 0 atom stereocenters. The summed E-state index contributed by atoms with van der Waals surface area (Å²) >= 11 is 0. The lowest BCUT2D eigenvalue weighted by molar-refractivity contribution is 0.0271. The second-order valence-corrected chi connectivity index (χ2v) is 10.6. The van der Waals surface area contributed by atoms with Crippen LogP contribution in [-0.2, 0) is 4.57 Å². The maximum atomic E-state index is 14.1. The molecule has 0 radical (unpaired) electrons. The van der Waals surface area contributed by atoms with Crippen LogP contribution in [0, 0.1) is 0 Å². The van der Waals surface area contributed by atoms with Gasteiger partial charge in [0.25, 0.3) is 5.91 Å². The molecule has 17 nitrogen and oxygen atoms in total. The number of phenolic OH excluding ortho intramolecular Hbond substituents is 9. The third-order valence-corrected chi connectivity index (χ3v) is 6.61. The monoisotopic (exact) mass is 639 g/mol. The molecule has 236 valence electrons. The second kappa shape index (κ2) is 12.2. The van der Waals surface area contributed by atoms with Crippen LogP contribution in [-0.4, -0.2) is 95.1 Å². The summed E-state index contributed by atoms with van der Waals surface area (Å²) < 4.78 is 8.88. The second-order valence-electron chi connectivity index (χ2n) is 9.54. The quantitative estimate of drug-likeness (QED) is 0.0808. The first-order valence-electron chi connectivity index (χ1n) is 12.2. The molecule has 1 amide bonds. The van der Waals surface area contributed by atoms with Crippen molar-refractivity contribution < 1.29 is 79.6 Å². The Kier molecular flexibility index (Phi) is 9.21. The van der Waals surface area contributed by atoms with E-state index in [9.17, 15) is 60.3 Å². The number of Topliss-reactive ketones (excluding diaryl/α,β-unsaturated/α-hetero) is 2. The Labute approximate surface area is 246 Å². The Morgan fingerprint density at radius 3 is 1.18 bits per heavy atom. The zero-order valence-electron chi connectivity index (χ0n) is 22.2. The summed E-state index contributed by atoms with van der Waals surface area (Å²) in [5, 5.41) is 89.1. The lowest BCUT2D eigenvalue weighted by Gasteiger charge is -2.45. The SMILES string of the molecule is O=C(c1cc(O)c(O)c(O)c1)N1CCCCC1(C(=O)c1cc(O)c(O)c(O)c1)C(=O)c1cc(O)c(O)c(O)c1.O=P(O)(O)O. The Bertz CT molecular complexity index is 1550. The fourth-order valence-corrected chi connectivity index (χ4v) is 4.66. The minimum Gasteiger partial charge on any atom is -0.504 e. The number of aromatic hydroxyl groups is 9. The molecule has 1 saturated heterocycles. The number of phosphoric acid groups is 1. The fraction of sp³-hybridized carbons (Fsp3) is 0.192.